The van der Waals surface area contributed by atoms with Crippen molar-refractivity contribution in [3.63, 3.8) is 0 Å². The van der Waals surface area contributed by atoms with E-state index in [9.17, 15) is 69.0 Å². The summed E-state index contributed by atoms with van der Waals surface area (Å²) in [6, 6.07) is -0.0599. The van der Waals surface area contributed by atoms with Crippen LogP contribution < -0.4 is 26.6 Å². The van der Waals surface area contributed by atoms with E-state index in [-0.39, 0.29) is 170 Å². The lowest BCUT2D eigenvalue weighted by Gasteiger charge is -2.42. The fraction of sp³-hybridized carbons (Fsp3) is 0.702. The zero-order valence-corrected chi connectivity index (χ0v) is 91.4. The van der Waals surface area contributed by atoms with E-state index < -0.39 is 90.3 Å². The van der Waals surface area contributed by atoms with Crippen LogP contribution in [0.2, 0.25) is 0 Å². The van der Waals surface area contributed by atoms with Crippen molar-refractivity contribution in [3.8, 4) is 0 Å². The molecule has 32 heteroatoms. The van der Waals surface area contributed by atoms with Gasteiger partial charge in [0, 0.05) is 31.9 Å². The first-order valence-corrected chi connectivity index (χ1v) is 53.0. The molecular weight excluding hydrogens is 1870 g/mol. The summed E-state index contributed by atoms with van der Waals surface area (Å²) in [7, 11) is 3.99. The summed E-state index contributed by atoms with van der Waals surface area (Å²) in [4.78, 5) is 95.3. The predicted molar refractivity (Wildman–Crippen MR) is 560 cm³/mol. The lowest BCUT2D eigenvalue weighted by atomic mass is 9.84. The van der Waals surface area contributed by atoms with Gasteiger partial charge in [-0.15, -0.1) is 0 Å². The number of hydrogen-bond acceptors (Lipinski definition) is 28. The van der Waals surface area contributed by atoms with E-state index in [2.05, 4.69) is 83.3 Å². The molecule has 10 fully saturated rings. The molecule has 10 aliphatic rings. The first kappa shape index (κ1) is 125. The highest BCUT2D eigenvalue weighted by atomic mass is 16.6. The van der Waals surface area contributed by atoms with Crippen LogP contribution in [0.3, 0.4) is 0 Å². The maximum Gasteiger partial charge on any atom is 0.330 e. The number of amides is 4. The molecule has 0 aromatic heterocycles. The maximum atomic E-state index is 12.2. The monoisotopic (exact) mass is 2050 g/mol. The van der Waals surface area contributed by atoms with Crippen molar-refractivity contribution in [3.05, 3.63) is 156 Å². The summed E-state index contributed by atoms with van der Waals surface area (Å²) in [5.74, 6) is 0.640. The first-order chi connectivity index (χ1) is 68.9. The zero-order valence-electron chi connectivity index (χ0n) is 91.4. The molecule has 4 amide bonds. The van der Waals surface area contributed by atoms with Gasteiger partial charge in [0.05, 0.1) is 168 Å². The third-order valence-electron chi connectivity index (χ3n) is 28.7. The second-order valence-corrected chi connectivity index (χ2v) is 43.5. The lowest BCUT2D eigenvalue weighted by Crippen LogP contribution is -2.55. The number of epoxide rings is 1. The van der Waals surface area contributed by atoms with Crippen molar-refractivity contribution in [2.75, 3.05) is 41.1 Å². The van der Waals surface area contributed by atoms with Crippen LogP contribution in [-0.4, -0.2) is 288 Å². The van der Waals surface area contributed by atoms with Crippen molar-refractivity contribution in [2.45, 2.75) is 424 Å². The Labute approximate surface area is 868 Å². The van der Waals surface area contributed by atoms with Crippen LogP contribution in [0, 0.1) is 47.3 Å². The van der Waals surface area contributed by atoms with E-state index in [1.54, 1.807) is 56.4 Å². The van der Waals surface area contributed by atoms with Gasteiger partial charge in [0.25, 0.3) is 0 Å². The highest BCUT2D eigenvalue weighted by Gasteiger charge is 2.59. The molecule has 822 valence electrons. The molecule has 0 bridgehead atoms. The Morgan fingerprint density at radius 1 is 0.397 bits per heavy atom. The standard InChI is InChI=1S/C31H47NO7.C28H44N2O6.C28H45NO7.C27H43NO7/c1-7-36-29(34)10-8-9-24-18-31(19-37-31)30(35)27(39-24)15-13-21(4)12-14-26-22(5)17-25(23(6)38-26)32-28(33)16-11-20(2)3;1-17(2)7-12-25(31)30-22-13-19(4)23(35-20(22)5)10-8-18(3)9-11-24-27(33)28(16-29-28)15-21(36-24)14-26(32)34-6;1-17(2)8-13-25(30)29-22-14-19(4)23(35-20(22)5)11-9-18(3)10-12-24-27(32)28(6,33)16-21(36-24)15-26(31)34-7;1-16(2)7-12-25(30)28-21-13-18(4)23(34-19(21)5)10-8-17(3)9-11-24-27(32)22(29)14-20(35-24)15-26(31)33-6/h8,10-13,15-16,20,22-27,30,35H,7,9,14,17-19H2,1-6H3,(H,32,33);7-9,11-12,17,19-24,27,29,33H,10,13-16H2,1-6H3,(H,30,31);8-10,12-13,17,19-24,27,32-33H,11,14-16H2,1-7H3,(H,29,30);7-9,11-12,16,18-24,27,29,32H,10,13-15H2,1-6H3,(H,28,30)/b10-8+,15-13+,16-11-,21-12+;11-9+,12-7-,18-8+;12-10+,13-8-,18-9+;11-9+,12-7-,17-8+/t22-,23+,24+,25+,26-,27+,30+,31+;19-,20+,21+,22+,23-,24+,27+,28+;19-,20+,21+,22+,23-,24+,27+,28-;18-,19+,20-,21+,22-,23-,24+,27-/m0000/s1. The highest BCUT2D eigenvalue weighted by molar-refractivity contribution is 5.89. The van der Waals surface area contributed by atoms with E-state index in [4.69, 9.17) is 56.8 Å². The average Bonchev–Trinajstić information content (AvgIpc) is 1.55. The van der Waals surface area contributed by atoms with Crippen molar-refractivity contribution >= 4 is 47.5 Å². The molecule has 0 unspecified atom stereocenters. The molecule has 0 aromatic rings. The topological polar surface area (TPSA) is 451 Å². The average molecular weight is 2050 g/mol. The summed E-state index contributed by atoms with van der Waals surface area (Å²) < 4.78 is 73.6. The van der Waals surface area contributed by atoms with Gasteiger partial charge in [0.15, 0.2) is 0 Å². The van der Waals surface area contributed by atoms with Crippen LogP contribution in [0.4, 0.5) is 0 Å². The van der Waals surface area contributed by atoms with Gasteiger partial charge in [-0.3, -0.25) is 33.6 Å². The van der Waals surface area contributed by atoms with Crippen molar-refractivity contribution < 1.29 is 131 Å². The van der Waals surface area contributed by atoms with Crippen LogP contribution in [0.1, 0.15) is 255 Å². The van der Waals surface area contributed by atoms with Crippen molar-refractivity contribution in [1.82, 2.24) is 26.6 Å². The molecular formula is C114H179N5O27. The second kappa shape index (κ2) is 60.7. The minimum atomic E-state index is -1.37. The maximum absolute atomic E-state index is 12.2. The van der Waals surface area contributed by atoms with Gasteiger partial charge >= 0.3 is 23.9 Å². The van der Waals surface area contributed by atoms with Crippen LogP contribution in [-0.2, 0) is 99.9 Å². The molecule has 10 rings (SSSR count). The molecule has 0 radical (unpaired) electrons. The van der Waals surface area contributed by atoms with E-state index in [0.29, 0.717) is 74.4 Å². The number of methoxy groups -OCH3 is 3. The smallest absolute Gasteiger partial charge is 0.330 e. The molecule has 0 aromatic carbocycles. The lowest BCUT2D eigenvalue weighted by molar-refractivity contribution is -0.199. The summed E-state index contributed by atoms with van der Waals surface area (Å²) in [6.45, 7) is 45.7. The predicted octanol–water partition coefficient (Wildman–Crippen LogP) is 13.1. The number of allylic oxidation sites excluding steroid dienone is 12. The fourth-order valence-corrected chi connectivity index (χ4v) is 19.2. The SMILES string of the molecule is CCOC(=O)/C=C/C[C@@H]1C[C@@]2(CO2)[C@H](O)[C@@H](/C=C/C(C)=C/C[C@@H]2O[C@H](C)[C@H](NC(=O)/C=C\C(C)C)C[C@@H]2C)O1.COC(=O)C[C@@H]1C[C@@]2(CN2)[C@H](O)[C@@H](/C=C/C(C)=C/C[C@@H]2O[C@H](C)[C@H](NC(=O)/C=C\C(C)C)C[C@@H]2C)O1.COC(=O)C[C@@H]1C[C@H](O)[C@H](O)[C@@H](/C=C/C(C)=C/C[C@@H]2O[C@H](C)[C@H](NC(=O)/C=C\C(C)C)C[C@@H]2C)O1.COC(=O)C[C@@H]1C[C@](C)(O)[C@H](O)[C@@H](/C=C/C(C)=C/C[C@@H]2O[C@H](C)[C@H](NC(=O)/C=C\C(C)C)C[C@@H]2C)O1. The molecule has 146 heavy (non-hydrogen) atoms. The Bertz CT molecular complexity index is 4420. The zero-order chi connectivity index (χ0) is 108. The van der Waals surface area contributed by atoms with Crippen LogP contribution in [0.5, 0.6) is 0 Å². The minimum absolute atomic E-state index is 0.00300. The van der Waals surface area contributed by atoms with E-state index in [1.165, 1.54) is 27.4 Å². The van der Waals surface area contributed by atoms with Gasteiger partial charge in [-0.2, -0.15) is 0 Å². The Balaban J connectivity index is 0.000000264. The van der Waals surface area contributed by atoms with Gasteiger partial charge in [0.2, 0.25) is 23.6 Å². The van der Waals surface area contributed by atoms with E-state index in [1.807, 2.05) is 172 Å². The van der Waals surface area contributed by atoms with Gasteiger partial charge in [-0.1, -0.05) is 209 Å². The Morgan fingerprint density at radius 3 is 1.03 bits per heavy atom. The van der Waals surface area contributed by atoms with Gasteiger partial charge < -0.3 is 119 Å². The normalized spacial score (nSPS) is 35.7. The summed E-state index contributed by atoms with van der Waals surface area (Å²) in [5, 5.41) is 78.8. The summed E-state index contributed by atoms with van der Waals surface area (Å²) in [5.41, 5.74) is 1.74. The number of esters is 4. The third kappa shape index (κ3) is 42.2. The molecule has 10 heterocycles. The van der Waals surface area contributed by atoms with Gasteiger partial charge in [-0.25, -0.2) is 4.79 Å². The second-order valence-electron chi connectivity index (χ2n) is 43.5. The van der Waals surface area contributed by atoms with Gasteiger partial charge in [-0.05, 0) is 205 Å². The number of aliphatic hydroxyl groups is 6. The molecule has 0 saturated carbocycles. The Hall–Kier alpha value is -8.26. The number of aliphatic hydroxyl groups excluding tert-OH is 5. The quantitative estimate of drug-likeness (QED) is 0.00899. The van der Waals surface area contributed by atoms with Crippen molar-refractivity contribution in [1.29, 1.82) is 0 Å². The Kier molecular flexibility index (Phi) is 51.8. The van der Waals surface area contributed by atoms with E-state index in [0.717, 1.165) is 73.8 Å². The number of rotatable bonds is 38. The van der Waals surface area contributed by atoms with E-state index >= 15 is 0 Å². The number of ether oxygens (including phenoxy) is 13. The number of carbonyl (C=O) groups is 8. The number of hydrogen-bond donors (Lipinski definition) is 11. The first-order valence-electron chi connectivity index (χ1n) is 53.0. The Morgan fingerprint density at radius 2 is 0.705 bits per heavy atom. The van der Waals surface area contributed by atoms with Crippen LogP contribution in [0.25, 0.3) is 0 Å². The third-order valence-corrected chi connectivity index (χ3v) is 28.7. The molecule has 10 saturated heterocycles. The van der Waals surface area contributed by atoms with Gasteiger partial charge in [0.1, 0.15) is 54.4 Å². The van der Waals surface area contributed by atoms with Crippen LogP contribution >= 0.6 is 0 Å². The molecule has 11 N–H and O–H groups in total. The molecule has 10 aliphatic heterocycles. The highest BCUT2D eigenvalue weighted by Crippen LogP contribution is 2.45. The molecule has 32 nitrogen and oxygen atoms in total. The molecule has 2 spiro atoms. The van der Waals surface area contributed by atoms with Crippen LogP contribution in [0.15, 0.2) is 156 Å². The molecule has 0 aliphatic carbocycles. The minimum Gasteiger partial charge on any atom is -0.469 e. The summed E-state index contributed by atoms with van der Waals surface area (Å²) >= 11 is 0. The summed E-state index contributed by atoms with van der Waals surface area (Å²) in [6.07, 6.45) is 40.5. The largest absolute Gasteiger partial charge is 0.469 e. The molecule has 32 atom stereocenters. The number of nitrogens with one attached hydrogen (secondary N) is 5. The van der Waals surface area contributed by atoms with Crippen molar-refractivity contribution in [2.24, 2.45) is 47.3 Å². The fourth-order valence-electron chi connectivity index (χ4n) is 19.2. The number of carbonyl (C=O) groups excluding carboxylic acids is 8.